The Morgan fingerprint density at radius 1 is 1.41 bits per heavy atom. The predicted molar refractivity (Wildman–Crippen MR) is 60.0 cm³/mol. The van der Waals surface area contributed by atoms with E-state index >= 15 is 0 Å². The van der Waals surface area contributed by atoms with Crippen LogP contribution in [0.15, 0.2) is 18.3 Å². The van der Waals surface area contributed by atoms with Gasteiger partial charge in [0.2, 0.25) is 0 Å². The summed E-state index contributed by atoms with van der Waals surface area (Å²) in [5, 5.41) is 4.20. The molecule has 0 atom stereocenters. The molecule has 0 radical (unpaired) electrons. The van der Waals surface area contributed by atoms with Crippen LogP contribution < -0.4 is 0 Å². The molecule has 0 aliphatic carbocycles. The van der Waals surface area contributed by atoms with E-state index < -0.39 is 5.97 Å². The Balaban J connectivity index is 2.46. The average Bonchev–Trinajstić information content (AvgIpc) is 2.67. The van der Waals surface area contributed by atoms with Crippen LogP contribution in [-0.4, -0.2) is 32.8 Å². The fraction of sp³-hybridized carbons (Fsp3) is 0.273. The fourth-order valence-corrected chi connectivity index (χ4v) is 1.52. The van der Waals surface area contributed by atoms with E-state index in [1.165, 1.54) is 13.3 Å². The van der Waals surface area contributed by atoms with E-state index in [4.69, 9.17) is 0 Å². The van der Waals surface area contributed by atoms with Gasteiger partial charge in [-0.1, -0.05) is 0 Å². The van der Waals surface area contributed by atoms with E-state index in [0.717, 1.165) is 5.82 Å². The minimum atomic E-state index is -0.400. The molecule has 2 aromatic heterocycles. The summed E-state index contributed by atoms with van der Waals surface area (Å²) in [6.45, 7) is 3.63. The number of aromatic nitrogens is 4. The molecule has 88 valence electrons. The van der Waals surface area contributed by atoms with Gasteiger partial charge in [-0.25, -0.2) is 14.8 Å². The van der Waals surface area contributed by atoms with E-state index in [1.54, 1.807) is 23.7 Å². The Labute approximate surface area is 98.3 Å². The zero-order valence-electron chi connectivity index (χ0n) is 9.84. The van der Waals surface area contributed by atoms with Crippen molar-refractivity contribution in [2.75, 3.05) is 7.11 Å². The first-order valence-corrected chi connectivity index (χ1v) is 5.07. The number of esters is 1. The molecule has 0 unspecified atom stereocenters. The van der Waals surface area contributed by atoms with Crippen molar-refractivity contribution in [1.82, 2.24) is 19.7 Å². The van der Waals surface area contributed by atoms with Crippen molar-refractivity contribution in [3.63, 3.8) is 0 Å². The van der Waals surface area contributed by atoms with Crippen LogP contribution in [-0.2, 0) is 4.74 Å². The summed E-state index contributed by atoms with van der Waals surface area (Å²) in [6.07, 6.45) is 1.54. The van der Waals surface area contributed by atoms with Gasteiger partial charge in [-0.15, -0.1) is 5.10 Å². The summed E-state index contributed by atoms with van der Waals surface area (Å²) in [6, 6.07) is 3.21. The number of hydrogen-bond acceptors (Lipinski definition) is 5. The third kappa shape index (κ3) is 2.15. The molecule has 0 N–H and O–H groups in total. The molecule has 2 aromatic rings. The van der Waals surface area contributed by atoms with Crippen molar-refractivity contribution >= 4 is 5.97 Å². The van der Waals surface area contributed by atoms with Crippen LogP contribution in [0.5, 0.6) is 0 Å². The highest BCUT2D eigenvalue weighted by Gasteiger charge is 2.10. The van der Waals surface area contributed by atoms with Crippen LogP contribution in [0.4, 0.5) is 0 Å². The Kier molecular flexibility index (Phi) is 2.86. The molecule has 0 aromatic carbocycles. The number of rotatable bonds is 2. The van der Waals surface area contributed by atoms with Gasteiger partial charge >= 0.3 is 5.97 Å². The van der Waals surface area contributed by atoms with Crippen molar-refractivity contribution in [2.24, 2.45) is 0 Å². The number of methoxy groups -OCH3 is 1. The molecule has 0 fully saturated rings. The summed E-state index contributed by atoms with van der Waals surface area (Å²) in [4.78, 5) is 19.7. The Bertz CT molecular complexity index is 562. The Morgan fingerprint density at radius 2 is 2.18 bits per heavy atom. The van der Waals surface area contributed by atoms with Gasteiger partial charge in [0.05, 0.1) is 12.7 Å². The number of ether oxygens (including phenoxy) is 1. The molecule has 0 saturated carbocycles. The molecule has 6 heteroatoms. The van der Waals surface area contributed by atoms with Crippen molar-refractivity contribution < 1.29 is 9.53 Å². The van der Waals surface area contributed by atoms with Crippen molar-refractivity contribution in [3.8, 4) is 5.82 Å². The van der Waals surface area contributed by atoms with Gasteiger partial charge in [0.15, 0.2) is 5.82 Å². The highest BCUT2D eigenvalue weighted by atomic mass is 16.5. The fourth-order valence-electron chi connectivity index (χ4n) is 1.52. The first kappa shape index (κ1) is 11.3. The van der Waals surface area contributed by atoms with Gasteiger partial charge in [0, 0.05) is 6.20 Å². The second kappa shape index (κ2) is 4.32. The largest absolute Gasteiger partial charge is 0.465 e. The van der Waals surface area contributed by atoms with Crippen LogP contribution in [0, 0.1) is 13.8 Å². The van der Waals surface area contributed by atoms with E-state index in [9.17, 15) is 4.79 Å². The van der Waals surface area contributed by atoms with Crippen LogP contribution >= 0.6 is 0 Å². The van der Waals surface area contributed by atoms with Gasteiger partial charge in [-0.2, -0.15) is 4.68 Å². The van der Waals surface area contributed by atoms with Crippen LogP contribution in [0.1, 0.15) is 22.0 Å². The monoisotopic (exact) mass is 232 g/mol. The summed E-state index contributed by atoms with van der Waals surface area (Å²) >= 11 is 0. The lowest BCUT2D eigenvalue weighted by atomic mass is 10.2. The highest BCUT2D eigenvalue weighted by molar-refractivity contribution is 5.89. The minimum Gasteiger partial charge on any atom is -0.465 e. The Hall–Kier alpha value is -2.24. The molecule has 0 bridgehead atoms. The smallest absolute Gasteiger partial charge is 0.338 e. The standard InChI is InChI=1S/C11H12N4O2/c1-7-13-8(2)15(14-7)10-6-9(4-5-12-10)11(16)17-3/h4-6H,1-3H3. The van der Waals surface area contributed by atoms with Crippen molar-refractivity contribution in [3.05, 3.63) is 35.5 Å². The maximum absolute atomic E-state index is 11.4. The molecular weight excluding hydrogens is 220 g/mol. The number of carbonyl (C=O) groups excluding carboxylic acids is 1. The molecule has 0 saturated heterocycles. The second-order valence-corrected chi connectivity index (χ2v) is 3.51. The van der Waals surface area contributed by atoms with E-state index in [-0.39, 0.29) is 0 Å². The molecule has 0 aliphatic heterocycles. The third-order valence-electron chi connectivity index (χ3n) is 2.26. The minimum absolute atomic E-state index is 0.400. The van der Waals surface area contributed by atoms with Crippen molar-refractivity contribution in [1.29, 1.82) is 0 Å². The highest BCUT2D eigenvalue weighted by Crippen LogP contribution is 2.09. The van der Waals surface area contributed by atoms with Gasteiger partial charge in [0.1, 0.15) is 11.6 Å². The summed E-state index contributed by atoms with van der Waals surface area (Å²) in [5.74, 6) is 1.53. The summed E-state index contributed by atoms with van der Waals surface area (Å²) < 4.78 is 6.24. The quantitative estimate of drug-likeness (QED) is 0.724. The maximum Gasteiger partial charge on any atom is 0.338 e. The number of hydrogen-bond donors (Lipinski definition) is 0. The lowest BCUT2D eigenvalue weighted by Crippen LogP contribution is -2.06. The molecule has 0 amide bonds. The molecule has 2 heterocycles. The predicted octanol–water partition coefficient (Wildman–Crippen LogP) is 1.07. The van der Waals surface area contributed by atoms with Crippen LogP contribution in [0.25, 0.3) is 5.82 Å². The normalized spacial score (nSPS) is 10.3. The first-order valence-electron chi connectivity index (χ1n) is 5.07. The topological polar surface area (TPSA) is 69.9 Å². The number of pyridine rings is 1. The van der Waals surface area contributed by atoms with Gasteiger partial charge < -0.3 is 4.74 Å². The zero-order valence-corrected chi connectivity index (χ0v) is 9.84. The SMILES string of the molecule is COC(=O)c1ccnc(-n2nc(C)nc2C)c1. The number of aryl methyl sites for hydroxylation is 2. The van der Waals surface area contributed by atoms with Gasteiger partial charge in [-0.05, 0) is 26.0 Å². The van der Waals surface area contributed by atoms with E-state index in [2.05, 4.69) is 19.8 Å². The van der Waals surface area contributed by atoms with E-state index in [1.807, 2.05) is 6.92 Å². The number of nitrogens with zero attached hydrogens (tertiary/aromatic N) is 4. The molecule has 17 heavy (non-hydrogen) atoms. The summed E-state index contributed by atoms with van der Waals surface area (Å²) in [5.41, 5.74) is 0.435. The zero-order chi connectivity index (χ0) is 12.4. The van der Waals surface area contributed by atoms with Crippen LogP contribution in [0.2, 0.25) is 0 Å². The maximum atomic E-state index is 11.4. The van der Waals surface area contributed by atoms with Crippen molar-refractivity contribution in [2.45, 2.75) is 13.8 Å². The van der Waals surface area contributed by atoms with E-state index in [0.29, 0.717) is 17.2 Å². The lowest BCUT2D eigenvalue weighted by Gasteiger charge is -2.03. The summed E-state index contributed by atoms with van der Waals surface area (Å²) in [7, 11) is 1.34. The third-order valence-corrected chi connectivity index (χ3v) is 2.26. The Morgan fingerprint density at radius 3 is 2.76 bits per heavy atom. The number of carbonyl (C=O) groups is 1. The van der Waals surface area contributed by atoms with Gasteiger partial charge in [-0.3, -0.25) is 0 Å². The first-order chi connectivity index (χ1) is 8.11. The second-order valence-electron chi connectivity index (χ2n) is 3.51. The molecular formula is C11H12N4O2. The molecule has 2 rings (SSSR count). The lowest BCUT2D eigenvalue weighted by molar-refractivity contribution is 0.0600. The van der Waals surface area contributed by atoms with Crippen LogP contribution in [0.3, 0.4) is 0 Å². The molecule has 0 spiro atoms. The molecule has 0 aliphatic rings. The average molecular weight is 232 g/mol. The van der Waals surface area contributed by atoms with Gasteiger partial charge in [0.25, 0.3) is 0 Å². The molecule has 6 nitrogen and oxygen atoms in total.